The zero-order chi connectivity index (χ0) is 10.7. The molecule has 0 saturated carbocycles. The van der Waals surface area contributed by atoms with Crippen molar-refractivity contribution in [2.24, 2.45) is 5.73 Å². The van der Waals surface area contributed by atoms with Crippen molar-refractivity contribution in [2.45, 2.75) is 13.0 Å². The lowest BCUT2D eigenvalue weighted by Gasteiger charge is -2.13. The van der Waals surface area contributed by atoms with E-state index in [1.807, 2.05) is 0 Å². The highest BCUT2D eigenvalue weighted by atomic mass is 19.2. The minimum absolute atomic E-state index is 0.242. The number of nitrogens with one attached hydrogen (secondary N) is 1. The van der Waals surface area contributed by atoms with Gasteiger partial charge in [0.25, 0.3) is 0 Å². The Bertz CT molecular complexity index is 355. The summed E-state index contributed by atoms with van der Waals surface area (Å²) in [5.41, 5.74) is 5.11. The minimum atomic E-state index is -1.07. The molecule has 0 radical (unpaired) electrons. The molecule has 3 N–H and O–H groups in total. The Morgan fingerprint density at radius 3 is 2.71 bits per heavy atom. The number of amidine groups is 1. The number of benzene rings is 1. The van der Waals surface area contributed by atoms with E-state index >= 15 is 0 Å². The van der Waals surface area contributed by atoms with E-state index in [1.165, 1.54) is 19.1 Å². The van der Waals surface area contributed by atoms with Crippen molar-refractivity contribution in [2.75, 3.05) is 0 Å². The fourth-order valence-electron chi connectivity index (χ4n) is 0.829. The summed E-state index contributed by atoms with van der Waals surface area (Å²) in [5.74, 6) is -2.54. The second-order valence-corrected chi connectivity index (χ2v) is 2.77. The van der Waals surface area contributed by atoms with Gasteiger partial charge in [-0.15, -0.1) is 0 Å². The van der Waals surface area contributed by atoms with Crippen LogP contribution in [0.25, 0.3) is 0 Å². The molecule has 1 atom stereocenters. The second kappa shape index (κ2) is 4.04. The van der Waals surface area contributed by atoms with Crippen LogP contribution in [0.2, 0.25) is 0 Å². The molecular weight excluding hydrogens is 190 g/mol. The van der Waals surface area contributed by atoms with E-state index < -0.39 is 17.7 Å². The van der Waals surface area contributed by atoms with E-state index in [9.17, 15) is 8.78 Å². The molecule has 0 aromatic heterocycles. The highest BCUT2D eigenvalue weighted by Gasteiger charge is 2.13. The number of rotatable bonds is 3. The second-order valence-electron chi connectivity index (χ2n) is 2.77. The van der Waals surface area contributed by atoms with Crippen LogP contribution in [0.15, 0.2) is 18.2 Å². The number of ether oxygens (including phenoxy) is 1. The van der Waals surface area contributed by atoms with Crippen molar-refractivity contribution >= 4 is 5.84 Å². The van der Waals surface area contributed by atoms with Crippen molar-refractivity contribution in [1.29, 1.82) is 5.41 Å². The fraction of sp³-hybridized carbons (Fsp3) is 0.222. The van der Waals surface area contributed by atoms with Crippen LogP contribution in [0.5, 0.6) is 5.75 Å². The third kappa shape index (κ3) is 2.18. The van der Waals surface area contributed by atoms with Crippen molar-refractivity contribution in [3.05, 3.63) is 29.8 Å². The van der Waals surface area contributed by atoms with E-state index in [0.29, 0.717) is 0 Å². The molecular formula is C9H10F2N2O. The van der Waals surface area contributed by atoms with Crippen molar-refractivity contribution < 1.29 is 13.5 Å². The molecule has 76 valence electrons. The Kier molecular flexibility index (Phi) is 3.01. The molecule has 0 bridgehead atoms. The maximum absolute atomic E-state index is 13.0. The highest BCUT2D eigenvalue weighted by molar-refractivity contribution is 5.81. The Morgan fingerprint density at radius 1 is 1.50 bits per heavy atom. The van der Waals surface area contributed by atoms with Crippen molar-refractivity contribution in [3.63, 3.8) is 0 Å². The lowest BCUT2D eigenvalue weighted by Crippen LogP contribution is -2.30. The molecule has 1 aromatic rings. The Labute approximate surface area is 80.0 Å². The van der Waals surface area contributed by atoms with Gasteiger partial charge in [-0.05, 0) is 19.1 Å². The normalized spacial score (nSPS) is 12.2. The summed E-state index contributed by atoms with van der Waals surface area (Å²) in [6.45, 7) is 1.48. The van der Waals surface area contributed by atoms with Gasteiger partial charge in [0.2, 0.25) is 5.82 Å². The summed E-state index contributed by atoms with van der Waals surface area (Å²) < 4.78 is 30.6. The fourth-order valence-corrected chi connectivity index (χ4v) is 0.829. The molecule has 0 saturated heterocycles. The third-order valence-electron chi connectivity index (χ3n) is 1.66. The van der Waals surface area contributed by atoms with Crippen LogP contribution in [0.3, 0.4) is 0 Å². The zero-order valence-electron chi connectivity index (χ0n) is 7.55. The molecule has 1 unspecified atom stereocenters. The molecule has 0 aliphatic rings. The summed E-state index contributed by atoms with van der Waals surface area (Å²) in [6.07, 6.45) is -0.772. The van der Waals surface area contributed by atoms with Gasteiger partial charge in [0.15, 0.2) is 17.7 Å². The van der Waals surface area contributed by atoms with Gasteiger partial charge in [0.1, 0.15) is 5.84 Å². The maximum atomic E-state index is 13.0. The van der Waals surface area contributed by atoms with Gasteiger partial charge in [0.05, 0.1) is 0 Å². The SMILES string of the molecule is CC(Oc1cccc(F)c1F)C(=N)N. The van der Waals surface area contributed by atoms with Gasteiger partial charge in [-0.25, -0.2) is 4.39 Å². The Balaban J connectivity index is 2.87. The molecule has 0 heterocycles. The Morgan fingerprint density at radius 2 is 2.14 bits per heavy atom. The lowest BCUT2D eigenvalue weighted by molar-refractivity contribution is 0.266. The van der Waals surface area contributed by atoms with Crippen LogP contribution in [0, 0.1) is 17.0 Å². The molecule has 0 fully saturated rings. The molecule has 1 aromatic carbocycles. The molecule has 0 amide bonds. The first-order valence-corrected chi connectivity index (χ1v) is 3.97. The van der Waals surface area contributed by atoms with E-state index in [0.717, 1.165) is 6.07 Å². The summed E-state index contributed by atoms with van der Waals surface area (Å²) in [5, 5.41) is 7.01. The zero-order valence-corrected chi connectivity index (χ0v) is 7.55. The van der Waals surface area contributed by atoms with E-state index in [1.54, 1.807) is 0 Å². The first-order chi connectivity index (χ1) is 6.52. The third-order valence-corrected chi connectivity index (χ3v) is 1.66. The van der Waals surface area contributed by atoms with Gasteiger partial charge >= 0.3 is 0 Å². The van der Waals surface area contributed by atoms with Crippen LogP contribution < -0.4 is 10.5 Å². The van der Waals surface area contributed by atoms with Gasteiger partial charge < -0.3 is 10.5 Å². The Hall–Kier alpha value is -1.65. The van der Waals surface area contributed by atoms with Gasteiger partial charge in [-0.3, -0.25) is 5.41 Å². The first kappa shape index (κ1) is 10.4. The van der Waals surface area contributed by atoms with Gasteiger partial charge in [0, 0.05) is 0 Å². The number of hydrogen-bond donors (Lipinski definition) is 2. The average molecular weight is 200 g/mol. The van der Waals surface area contributed by atoms with E-state index in [4.69, 9.17) is 15.9 Å². The molecule has 14 heavy (non-hydrogen) atoms. The smallest absolute Gasteiger partial charge is 0.200 e. The quantitative estimate of drug-likeness (QED) is 0.576. The topological polar surface area (TPSA) is 59.1 Å². The molecule has 0 spiro atoms. The molecule has 3 nitrogen and oxygen atoms in total. The highest BCUT2D eigenvalue weighted by Crippen LogP contribution is 2.20. The predicted molar refractivity (Wildman–Crippen MR) is 48.4 cm³/mol. The largest absolute Gasteiger partial charge is 0.480 e. The number of hydrogen-bond acceptors (Lipinski definition) is 2. The molecule has 1 rings (SSSR count). The summed E-state index contributed by atoms with van der Waals surface area (Å²) in [4.78, 5) is 0. The summed E-state index contributed by atoms with van der Waals surface area (Å²) in [7, 11) is 0. The van der Waals surface area contributed by atoms with Crippen molar-refractivity contribution in [1.82, 2.24) is 0 Å². The first-order valence-electron chi connectivity index (χ1n) is 3.97. The molecule has 5 heteroatoms. The van der Waals surface area contributed by atoms with Gasteiger partial charge in [-0.2, -0.15) is 4.39 Å². The van der Waals surface area contributed by atoms with Crippen LogP contribution in [-0.2, 0) is 0 Å². The number of nitrogens with two attached hydrogens (primary N) is 1. The lowest BCUT2D eigenvalue weighted by atomic mass is 10.3. The van der Waals surface area contributed by atoms with Crippen LogP contribution in [-0.4, -0.2) is 11.9 Å². The predicted octanol–water partition coefficient (Wildman–Crippen LogP) is 1.67. The van der Waals surface area contributed by atoms with E-state index in [2.05, 4.69) is 0 Å². The van der Waals surface area contributed by atoms with Gasteiger partial charge in [-0.1, -0.05) is 6.07 Å². The standard InChI is InChI=1S/C9H10F2N2O/c1-5(9(12)13)14-7-4-2-3-6(10)8(7)11/h2-5H,1H3,(H3,12,13). The van der Waals surface area contributed by atoms with Crippen LogP contribution in [0.1, 0.15) is 6.92 Å². The summed E-state index contributed by atoms with van der Waals surface area (Å²) in [6, 6.07) is 3.58. The maximum Gasteiger partial charge on any atom is 0.200 e. The monoisotopic (exact) mass is 200 g/mol. The average Bonchev–Trinajstić information content (AvgIpc) is 2.12. The van der Waals surface area contributed by atoms with Crippen LogP contribution in [0.4, 0.5) is 8.78 Å². The van der Waals surface area contributed by atoms with Crippen LogP contribution >= 0.6 is 0 Å². The van der Waals surface area contributed by atoms with Crippen molar-refractivity contribution in [3.8, 4) is 5.75 Å². The molecule has 0 aliphatic heterocycles. The summed E-state index contributed by atoms with van der Waals surface area (Å²) >= 11 is 0. The molecule has 0 aliphatic carbocycles. The van der Waals surface area contributed by atoms with E-state index in [-0.39, 0.29) is 11.6 Å². The number of halogens is 2. The minimum Gasteiger partial charge on any atom is -0.480 e.